The van der Waals surface area contributed by atoms with Gasteiger partial charge < -0.3 is 19.1 Å². The Kier molecular flexibility index (Phi) is 10.9. The molecule has 0 amide bonds. The Hall–Kier alpha value is -3.56. The number of halogens is 1. The predicted octanol–water partition coefficient (Wildman–Crippen LogP) is 5.13. The summed E-state index contributed by atoms with van der Waals surface area (Å²) in [6.07, 6.45) is 5.58. The van der Waals surface area contributed by atoms with Crippen LogP contribution in [-0.2, 0) is 24.9 Å². The lowest BCUT2D eigenvalue weighted by atomic mass is 9.81. The number of benzene rings is 2. The molecular weight excluding hydrogens is 558 g/mol. The minimum atomic E-state index is -0.689. The topological polar surface area (TPSA) is 103 Å². The largest absolute Gasteiger partial charge is 0.493 e. The number of carbonyl (C=O) groups is 1. The lowest BCUT2D eigenvalue weighted by Crippen LogP contribution is -2.39. The van der Waals surface area contributed by atoms with E-state index in [9.17, 15) is 19.5 Å². The Labute approximate surface area is 251 Å². The average Bonchev–Trinajstić information content (AvgIpc) is 2.99. The summed E-state index contributed by atoms with van der Waals surface area (Å²) in [5.41, 5.74) is 1.48. The molecule has 1 saturated carbocycles. The molecule has 1 aliphatic carbocycles. The molecule has 0 aliphatic heterocycles. The second-order valence-electron chi connectivity index (χ2n) is 11.0. The zero-order valence-corrected chi connectivity index (χ0v) is 25.3. The zero-order valence-electron chi connectivity index (χ0n) is 24.5. The molecule has 2 aromatic carbocycles. The SMILES string of the molecule is CCC(c1ccc(Cl)cc1)N(Cc1ccc(OCCn2c(=O)ccn(C)c2=O)c(OC)c1)C[C@H]1CC[C@H](C(=O)O)CC1. The number of carboxylic acid groups (broad SMARTS) is 1. The van der Waals surface area contributed by atoms with Crippen molar-refractivity contribution in [1.82, 2.24) is 14.0 Å². The molecule has 0 radical (unpaired) electrons. The fourth-order valence-corrected chi connectivity index (χ4v) is 5.97. The molecule has 1 N–H and O–H groups in total. The van der Waals surface area contributed by atoms with Gasteiger partial charge in [-0.1, -0.05) is 36.7 Å². The van der Waals surface area contributed by atoms with Crippen LogP contribution in [0.25, 0.3) is 0 Å². The van der Waals surface area contributed by atoms with Gasteiger partial charge in [0.2, 0.25) is 0 Å². The molecule has 42 heavy (non-hydrogen) atoms. The van der Waals surface area contributed by atoms with E-state index in [-0.39, 0.29) is 30.7 Å². The van der Waals surface area contributed by atoms with Crippen LogP contribution in [-0.4, -0.2) is 45.4 Å². The summed E-state index contributed by atoms with van der Waals surface area (Å²) in [6.45, 7) is 3.96. The molecule has 0 spiro atoms. The van der Waals surface area contributed by atoms with Crippen LogP contribution in [0, 0.1) is 11.8 Å². The van der Waals surface area contributed by atoms with Crippen molar-refractivity contribution in [3.63, 3.8) is 0 Å². The highest BCUT2D eigenvalue weighted by Crippen LogP contribution is 2.35. The second-order valence-corrected chi connectivity index (χ2v) is 11.4. The Morgan fingerprint density at radius 2 is 1.79 bits per heavy atom. The number of hydrogen-bond acceptors (Lipinski definition) is 6. The van der Waals surface area contributed by atoms with E-state index < -0.39 is 11.7 Å². The van der Waals surface area contributed by atoms with Crippen molar-refractivity contribution in [2.75, 3.05) is 20.3 Å². The zero-order chi connectivity index (χ0) is 30.2. The van der Waals surface area contributed by atoms with Gasteiger partial charge in [-0.15, -0.1) is 0 Å². The van der Waals surface area contributed by atoms with E-state index in [0.29, 0.717) is 41.8 Å². The Balaban J connectivity index is 1.51. The van der Waals surface area contributed by atoms with Crippen LogP contribution in [0.3, 0.4) is 0 Å². The van der Waals surface area contributed by atoms with Crippen molar-refractivity contribution in [1.29, 1.82) is 0 Å². The van der Waals surface area contributed by atoms with Gasteiger partial charge in [-0.3, -0.25) is 19.1 Å². The van der Waals surface area contributed by atoms with Crippen LogP contribution in [0.2, 0.25) is 5.02 Å². The summed E-state index contributed by atoms with van der Waals surface area (Å²) in [5, 5.41) is 10.1. The van der Waals surface area contributed by atoms with E-state index in [4.69, 9.17) is 21.1 Å². The second kappa shape index (κ2) is 14.6. The first-order valence-corrected chi connectivity index (χ1v) is 14.9. The Bertz CT molecular complexity index is 1460. The number of ether oxygens (including phenoxy) is 2. The maximum atomic E-state index is 12.3. The quantitative estimate of drug-likeness (QED) is 0.291. The number of nitrogens with zero attached hydrogens (tertiary/aromatic N) is 3. The maximum absolute atomic E-state index is 12.3. The van der Waals surface area contributed by atoms with Crippen LogP contribution in [0.15, 0.2) is 64.3 Å². The van der Waals surface area contributed by atoms with E-state index in [1.54, 1.807) is 14.2 Å². The van der Waals surface area contributed by atoms with Crippen LogP contribution in [0.1, 0.15) is 56.2 Å². The van der Waals surface area contributed by atoms with E-state index in [0.717, 1.165) is 35.9 Å². The van der Waals surface area contributed by atoms with Gasteiger partial charge in [0.15, 0.2) is 11.5 Å². The number of rotatable bonds is 13. The molecule has 3 aromatic rings. The lowest BCUT2D eigenvalue weighted by molar-refractivity contribution is -0.143. The molecule has 9 nitrogen and oxygen atoms in total. The molecule has 0 saturated heterocycles. The standard InChI is InChI=1S/C32H40ClN3O6/c1-4-27(24-10-12-26(33)13-11-24)35(20-22-5-8-25(9-6-22)31(38)39)21-23-7-14-28(29(19-23)41-3)42-18-17-36-30(37)15-16-34(2)32(36)40/h7,10-16,19,22,25,27H,4-6,8-9,17-18,20-21H2,1-3H3,(H,38,39)/t22-,25-,27?. The fourth-order valence-electron chi connectivity index (χ4n) is 5.85. The minimum absolute atomic E-state index is 0.119. The molecule has 226 valence electrons. The molecule has 10 heteroatoms. The molecule has 1 aromatic heterocycles. The summed E-state index contributed by atoms with van der Waals surface area (Å²) >= 11 is 6.18. The lowest BCUT2D eigenvalue weighted by Gasteiger charge is -2.36. The summed E-state index contributed by atoms with van der Waals surface area (Å²) in [4.78, 5) is 38.4. The predicted molar refractivity (Wildman–Crippen MR) is 162 cm³/mol. The smallest absolute Gasteiger partial charge is 0.330 e. The average molecular weight is 598 g/mol. The van der Waals surface area contributed by atoms with Gasteiger partial charge in [0.1, 0.15) is 6.61 Å². The van der Waals surface area contributed by atoms with Crippen molar-refractivity contribution in [2.45, 2.75) is 58.2 Å². The normalized spacial score (nSPS) is 17.6. The van der Waals surface area contributed by atoms with Gasteiger partial charge in [0, 0.05) is 43.5 Å². The first-order chi connectivity index (χ1) is 20.2. The molecule has 1 aliphatic rings. The van der Waals surface area contributed by atoms with Crippen LogP contribution >= 0.6 is 11.6 Å². The number of aliphatic carboxylic acids is 1. The minimum Gasteiger partial charge on any atom is -0.493 e. The van der Waals surface area contributed by atoms with Crippen molar-refractivity contribution in [3.8, 4) is 11.5 Å². The molecule has 1 fully saturated rings. The first-order valence-electron chi connectivity index (χ1n) is 14.5. The van der Waals surface area contributed by atoms with Crippen molar-refractivity contribution in [3.05, 3.63) is 91.7 Å². The first kappa shape index (κ1) is 31.4. The van der Waals surface area contributed by atoms with E-state index in [1.807, 2.05) is 30.3 Å². The third kappa shape index (κ3) is 7.83. The number of methoxy groups -OCH3 is 1. The number of hydrogen-bond donors (Lipinski definition) is 1. The fraction of sp³-hybridized carbons (Fsp3) is 0.469. The van der Waals surface area contributed by atoms with E-state index >= 15 is 0 Å². The third-order valence-electron chi connectivity index (χ3n) is 8.20. The highest BCUT2D eigenvalue weighted by atomic mass is 35.5. The summed E-state index contributed by atoms with van der Waals surface area (Å²) in [7, 11) is 3.19. The number of aromatic nitrogens is 2. The summed E-state index contributed by atoms with van der Waals surface area (Å²) < 4.78 is 14.1. The molecular formula is C32H40ClN3O6. The van der Waals surface area contributed by atoms with Crippen molar-refractivity contribution >= 4 is 17.6 Å². The molecule has 4 rings (SSSR count). The highest BCUT2D eigenvalue weighted by Gasteiger charge is 2.29. The van der Waals surface area contributed by atoms with Gasteiger partial charge in [0.25, 0.3) is 5.56 Å². The molecule has 1 heterocycles. The molecule has 1 atom stereocenters. The maximum Gasteiger partial charge on any atom is 0.330 e. The number of aryl methyl sites for hydroxylation is 1. The number of carboxylic acids is 1. The van der Waals surface area contributed by atoms with E-state index in [1.165, 1.54) is 22.4 Å². The molecule has 0 bridgehead atoms. The van der Waals surface area contributed by atoms with Crippen LogP contribution in [0.5, 0.6) is 11.5 Å². The van der Waals surface area contributed by atoms with Crippen molar-refractivity contribution in [2.24, 2.45) is 18.9 Å². The summed E-state index contributed by atoms with van der Waals surface area (Å²) in [6, 6.07) is 15.3. The Morgan fingerprint density at radius 1 is 1.07 bits per heavy atom. The van der Waals surface area contributed by atoms with Gasteiger partial charge in [-0.25, -0.2) is 4.79 Å². The monoisotopic (exact) mass is 597 g/mol. The van der Waals surface area contributed by atoms with Gasteiger partial charge >= 0.3 is 11.7 Å². The van der Waals surface area contributed by atoms with E-state index in [2.05, 4.69) is 24.0 Å². The third-order valence-corrected chi connectivity index (χ3v) is 8.45. The van der Waals surface area contributed by atoms with Gasteiger partial charge in [-0.2, -0.15) is 0 Å². The van der Waals surface area contributed by atoms with Gasteiger partial charge in [-0.05, 0) is 73.4 Å². The van der Waals surface area contributed by atoms with Crippen molar-refractivity contribution < 1.29 is 19.4 Å². The van der Waals surface area contributed by atoms with Gasteiger partial charge in [0.05, 0.1) is 19.6 Å². The Morgan fingerprint density at radius 3 is 2.43 bits per heavy atom. The van der Waals surface area contributed by atoms with Crippen LogP contribution in [0.4, 0.5) is 0 Å². The summed E-state index contributed by atoms with van der Waals surface area (Å²) in [5.74, 6) is 0.590. The van der Waals surface area contributed by atoms with Crippen LogP contribution < -0.4 is 20.7 Å². The molecule has 1 unspecified atom stereocenters. The highest BCUT2D eigenvalue weighted by molar-refractivity contribution is 6.30.